The number of fused-ring (bicyclic) bond motifs is 1. The van der Waals surface area contributed by atoms with Crippen LogP contribution in [0.5, 0.6) is 11.5 Å². The quantitative estimate of drug-likeness (QED) is 0.895. The van der Waals surface area contributed by atoms with Crippen molar-refractivity contribution in [1.29, 1.82) is 0 Å². The van der Waals surface area contributed by atoms with Gasteiger partial charge in [-0.15, -0.1) is 0 Å². The van der Waals surface area contributed by atoms with E-state index in [4.69, 9.17) is 9.47 Å². The van der Waals surface area contributed by atoms with Gasteiger partial charge in [-0.05, 0) is 12.1 Å². The van der Waals surface area contributed by atoms with Gasteiger partial charge in [0.15, 0.2) is 11.5 Å². The standard InChI is InChI=1S/C13H13N3O2/c1-2-16-8-10(7-15-16)6-14-11-3-4-12-13(5-11)18-9-17-12/h2-5,7-8,14H,1,6,9H2. The molecule has 0 saturated carbocycles. The number of aromatic nitrogens is 2. The summed E-state index contributed by atoms with van der Waals surface area (Å²) in [6.45, 7) is 4.65. The van der Waals surface area contributed by atoms with Crippen LogP contribution in [0.25, 0.3) is 6.20 Å². The van der Waals surface area contributed by atoms with Crippen molar-refractivity contribution in [2.24, 2.45) is 0 Å². The third kappa shape index (κ3) is 2.02. The molecule has 92 valence electrons. The molecule has 18 heavy (non-hydrogen) atoms. The monoisotopic (exact) mass is 243 g/mol. The Labute approximate surface area is 105 Å². The van der Waals surface area contributed by atoms with Crippen molar-refractivity contribution in [3.63, 3.8) is 0 Å². The third-order valence-electron chi connectivity index (χ3n) is 2.71. The van der Waals surface area contributed by atoms with Gasteiger partial charge in [0.05, 0.1) is 6.20 Å². The van der Waals surface area contributed by atoms with Crippen LogP contribution in [0.3, 0.4) is 0 Å². The van der Waals surface area contributed by atoms with Gasteiger partial charge in [0.2, 0.25) is 6.79 Å². The van der Waals surface area contributed by atoms with E-state index in [1.54, 1.807) is 10.9 Å². The molecule has 0 aliphatic carbocycles. The normalized spacial score (nSPS) is 12.4. The summed E-state index contributed by atoms with van der Waals surface area (Å²) in [5.74, 6) is 1.57. The van der Waals surface area contributed by atoms with E-state index >= 15 is 0 Å². The summed E-state index contributed by atoms with van der Waals surface area (Å²) in [6.07, 6.45) is 5.39. The number of nitrogens with one attached hydrogen (secondary N) is 1. The molecule has 1 aromatic heterocycles. The maximum absolute atomic E-state index is 5.32. The van der Waals surface area contributed by atoms with Crippen LogP contribution in [0.4, 0.5) is 5.69 Å². The van der Waals surface area contributed by atoms with Crippen molar-refractivity contribution < 1.29 is 9.47 Å². The number of ether oxygens (including phenoxy) is 2. The summed E-state index contributed by atoms with van der Waals surface area (Å²) in [7, 11) is 0. The SMILES string of the molecule is C=Cn1cc(CNc2ccc3c(c2)OCO3)cn1. The molecule has 1 aromatic carbocycles. The van der Waals surface area contributed by atoms with Crippen molar-refractivity contribution in [2.45, 2.75) is 6.54 Å². The molecule has 5 heteroatoms. The fourth-order valence-electron chi connectivity index (χ4n) is 1.78. The van der Waals surface area contributed by atoms with Gasteiger partial charge in [0, 0.05) is 36.3 Å². The van der Waals surface area contributed by atoms with E-state index in [0.717, 1.165) is 22.7 Å². The van der Waals surface area contributed by atoms with Gasteiger partial charge in [-0.1, -0.05) is 6.58 Å². The Balaban J connectivity index is 1.68. The van der Waals surface area contributed by atoms with Gasteiger partial charge in [0.25, 0.3) is 0 Å². The third-order valence-corrected chi connectivity index (χ3v) is 2.71. The maximum atomic E-state index is 5.32. The number of nitrogens with zero attached hydrogens (tertiary/aromatic N) is 2. The van der Waals surface area contributed by atoms with Gasteiger partial charge >= 0.3 is 0 Å². The van der Waals surface area contributed by atoms with Gasteiger partial charge in [-0.2, -0.15) is 5.10 Å². The second-order valence-corrected chi connectivity index (χ2v) is 3.93. The summed E-state index contributed by atoms with van der Waals surface area (Å²) in [4.78, 5) is 0. The van der Waals surface area contributed by atoms with E-state index in [1.165, 1.54) is 0 Å². The highest BCUT2D eigenvalue weighted by molar-refractivity contribution is 5.55. The molecule has 0 amide bonds. The lowest BCUT2D eigenvalue weighted by atomic mass is 10.2. The highest BCUT2D eigenvalue weighted by Gasteiger charge is 2.12. The van der Waals surface area contributed by atoms with Crippen LogP contribution in [0.2, 0.25) is 0 Å². The second kappa shape index (κ2) is 4.44. The van der Waals surface area contributed by atoms with E-state index in [0.29, 0.717) is 13.3 Å². The Bertz CT molecular complexity index is 577. The zero-order chi connectivity index (χ0) is 12.4. The lowest BCUT2D eigenvalue weighted by Gasteiger charge is -2.05. The minimum atomic E-state index is 0.297. The summed E-state index contributed by atoms with van der Waals surface area (Å²) in [6, 6.07) is 5.80. The van der Waals surface area contributed by atoms with Crippen LogP contribution in [0, 0.1) is 0 Å². The smallest absolute Gasteiger partial charge is 0.231 e. The van der Waals surface area contributed by atoms with E-state index in [1.807, 2.05) is 30.6 Å². The maximum Gasteiger partial charge on any atom is 0.231 e. The zero-order valence-corrected chi connectivity index (χ0v) is 9.80. The minimum Gasteiger partial charge on any atom is -0.454 e. The van der Waals surface area contributed by atoms with Crippen molar-refractivity contribution in [3.05, 3.63) is 42.7 Å². The average Bonchev–Trinajstić information content (AvgIpc) is 3.04. The molecule has 1 aliphatic heterocycles. The molecule has 1 N–H and O–H groups in total. The Kier molecular flexibility index (Phi) is 2.64. The van der Waals surface area contributed by atoms with Gasteiger partial charge in [-0.25, -0.2) is 4.68 Å². The molecule has 5 nitrogen and oxygen atoms in total. The molecule has 0 saturated heterocycles. The van der Waals surface area contributed by atoms with Crippen LogP contribution in [-0.2, 0) is 6.54 Å². The molecule has 0 spiro atoms. The fourth-order valence-corrected chi connectivity index (χ4v) is 1.78. The first-order valence-corrected chi connectivity index (χ1v) is 5.64. The first-order valence-electron chi connectivity index (χ1n) is 5.64. The van der Waals surface area contributed by atoms with E-state index in [-0.39, 0.29) is 0 Å². The Morgan fingerprint density at radius 2 is 2.28 bits per heavy atom. The molecule has 1 aliphatic rings. The predicted octanol–water partition coefficient (Wildman–Crippen LogP) is 2.32. The number of hydrogen-bond acceptors (Lipinski definition) is 4. The van der Waals surface area contributed by atoms with E-state index in [2.05, 4.69) is 17.0 Å². The highest BCUT2D eigenvalue weighted by Crippen LogP contribution is 2.34. The molecular formula is C13H13N3O2. The predicted molar refractivity (Wildman–Crippen MR) is 68.5 cm³/mol. The van der Waals surface area contributed by atoms with Crippen molar-refractivity contribution in [2.75, 3.05) is 12.1 Å². The lowest BCUT2D eigenvalue weighted by Crippen LogP contribution is -1.98. The fraction of sp³-hybridized carbons (Fsp3) is 0.154. The Morgan fingerprint density at radius 3 is 3.11 bits per heavy atom. The summed E-state index contributed by atoms with van der Waals surface area (Å²) in [5, 5.41) is 7.42. The molecule has 0 unspecified atom stereocenters. The first kappa shape index (κ1) is 10.7. The zero-order valence-electron chi connectivity index (χ0n) is 9.80. The topological polar surface area (TPSA) is 48.3 Å². The average molecular weight is 243 g/mol. The van der Waals surface area contributed by atoms with Gasteiger partial charge in [-0.3, -0.25) is 0 Å². The van der Waals surface area contributed by atoms with Gasteiger partial charge < -0.3 is 14.8 Å². The number of hydrogen-bond donors (Lipinski definition) is 1. The second-order valence-electron chi connectivity index (χ2n) is 3.93. The van der Waals surface area contributed by atoms with Crippen LogP contribution in [-0.4, -0.2) is 16.6 Å². The van der Waals surface area contributed by atoms with Gasteiger partial charge in [0.1, 0.15) is 0 Å². The number of benzene rings is 1. The highest BCUT2D eigenvalue weighted by atomic mass is 16.7. The summed E-state index contributed by atoms with van der Waals surface area (Å²) < 4.78 is 12.3. The summed E-state index contributed by atoms with van der Waals surface area (Å²) >= 11 is 0. The molecule has 0 fully saturated rings. The Hall–Kier alpha value is -2.43. The van der Waals surface area contributed by atoms with Crippen molar-refractivity contribution >= 4 is 11.9 Å². The van der Waals surface area contributed by atoms with E-state index < -0.39 is 0 Å². The minimum absolute atomic E-state index is 0.297. The van der Waals surface area contributed by atoms with E-state index in [9.17, 15) is 0 Å². The Morgan fingerprint density at radius 1 is 1.39 bits per heavy atom. The lowest BCUT2D eigenvalue weighted by molar-refractivity contribution is 0.174. The molecule has 0 atom stereocenters. The molecule has 3 rings (SSSR count). The molecule has 0 radical (unpaired) electrons. The van der Waals surface area contributed by atoms with Crippen LogP contribution in [0.15, 0.2) is 37.2 Å². The molecular weight excluding hydrogens is 230 g/mol. The van der Waals surface area contributed by atoms with Crippen LogP contribution in [0.1, 0.15) is 5.56 Å². The van der Waals surface area contributed by atoms with Crippen LogP contribution >= 0.6 is 0 Å². The van der Waals surface area contributed by atoms with Crippen LogP contribution < -0.4 is 14.8 Å². The molecule has 2 heterocycles. The van der Waals surface area contributed by atoms with Crippen molar-refractivity contribution in [3.8, 4) is 11.5 Å². The number of rotatable bonds is 4. The largest absolute Gasteiger partial charge is 0.454 e. The molecule has 2 aromatic rings. The number of anilines is 1. The first-order chi connectivity index (χ1) is 8.85. The van der Waals surface area contributed by atoms with Crippen molar-refractivity contribution in [1.82, 2.24) is 9.78 Å². The molecule has 0 bridgehead atoms. The summed E-state index contributed by atoms with van der Waals surface area (Å²) in [5.41, 5.74) is 2.08.